The molecular formula is C21H27N5O2S. The van der Waals surface area contributed by atoms with Gasteiger partial charge in [-0.25, -0.2) is 0 Å². The number of hydrogen-bond donors (Lipinski definition) is 1. The quantitative estimate of drug-likeness (QED) is 0.824. The molecule has 1 aromatic heterocycles. The van der Waals surface area contributed by atoms with Crippen LogP contribution in [0.25, 0.3) is 0 Å². The van der Waals surface area contributed by atoms with Gasteiger partial charge in [0.1, 0.15) is 5.84 Å². The Labute approximate surface area is 175 Å². The Bertz CT molecular complexity index is 841. The highest BCUT2D eigenvalue weighted by atomic mass is 32.1. The minimum atomic E-state index is -0.413. The smallest absolute Gasteiger partial charge is 0.138 e. The fourth-order valence-electron chi connectivity index (χ4n) is 4.71. The topological polar surface area (TPSA) is 73.0 Å². The van der Waals surface area contributed by atoms with E-state index in [2.05, 4.69) is 42.8 Å². The third-order valence-corrected chi connectivity index (χ3v) is 7.03. The van der Waals surface area contributed by atoms with Crippen LogP contribution in [0.2, 0.25) is 0 Å². The van der Waals surface area contributed by atoms with Gasteiger partial charge in [0.15, 0.2) is 0 Å². The molecule has 154 valence electrons. The van der Waals surface area contributed by atoms with Crippen LogP contribution in [0.1, 0.15) is 30.9 Å². The summed E-state index contributed by atoms with van der Waals surface area (Å²) in [7, 11) is 0. The highest BCUT2D eigenvalue weighted by Gasteiger charge is 2.35. The number of rotatable bonds is 3. The summed E-state index contributed by atoms with van der Waals surface area (Å²) in [6.45, 7) is 5.18. The number of thiophene rings is 1. The van der Waals surface area contributed by atoms with E-state index in [0.29, 0.717) is 0 Å². The van der Waals surface area contributed by atoms with Crippen molar-refractivity contribution in [2.45, 2.75) is 25.4 Å². The number of morpholine rings is 1. The summed E-state index contributed by atoms with van der Waals surface area (Å²) < 4.78 is 5.47. The highest BCUT2D eigenvalue weighted by molar-refractivity contribution is 7.07. The van der Waals surface area contributed by atoms with E-state index in [-0.39, 0.29) is 11.8 Å². The predicted octanol–water partition coefficient (Wildman–Crippen LogP) is 3.39. The zero-order valence-corrected chi connectivity index (χ0v) is 17.3. The Balaban J connectivity index is 1.29. The van der Waals surface area contributed by atoms with Crippen molar-refractivity contribution in [3.63, 3.8) is 0 Å². The number of likely N-dealkylation sites (tertiary alicyclic amines) is 1. The van der Waals surface area contributed by atoms with Gasteiger partial charge in [0, 0.05) is 37.8 Å². The molecule has 4 aliphatic rings. The number of fused-ring (bicyclic) bond motifs is 1. The lowest BCUT2D eigenvalue weighted by Crippen LogP contribution is -2.45. The number of ether oxygens (including phenoxy) is 1. The first-order valence-electron chi connectivity index (χ1n) is 10.5. The van der Waals surface area contributed by atoms with Crippen LogP contribution in [0.4, 0.5) is 0 Å². The molecule has 3 atom stereocenters. The monoisotopic (exact) mass is 413 g/mol. The lowest BCUT2D eigenvalue weighted by molar-refractivity contribution is 0.0549. The molecule has 0 saturated carbocycles. The number of nitrogens with zero attached hydrogens (tertiary/aromatic N) is 5. The Morgan fingerprint density at radius 2 is 2.10 bits per heavy atom. The fraction of sp³-hybridized carbons (Fsp3) is 0.571. The van der Waals surface area contributed by atoms with Crippen LogP contribution in [0.15, 0.2) is 55.8 Å². The highest BCUT2D eigenvalue weighted by Crippen LogP contribution is 2.36. The number of aliphatic hydroxyl groups is 1. The molecule has 4 heterocycles. The molecule has 1 unspecified atom stereocenters. The Kier molecular flexibility index (Phi) is 5.48. The van der Waals surface area contributed by atoms with Crippen LogP contribution >= 0.6 is 11.3 Å². The third kappa shape index (κ3) is 3.89. The molecule has 3 aliphatic heterocycles. The first-order valence-corrected chi connectivity index (χ1v) is 11.4. The van der Waals surface area contributed by atoms with E-state index in [1.54, 1.807) is 11.3 Å². The molecule has 2 fully saturated rings. The van der Waals surface area contributed by atoms with E-state index >= 15 is 0 Å². The average Bonchev–Trinajstić information content (AvgIpc) is 3.33. The van der Waals surface area contributed by atoms with Crippen LogP contribution in [0, 0.1) is 11.8 Å². The summed E-state index contributed by atoms with van der Waals surface area (Å²) in [5.74, 6) is 1.38. The molecule has 1 aromatic rings. The minimum Gasteiger partial charge on any atom is -0.388 e. The van der Waals surface area contributed by atoms with Crippen molar-refractivity contribution in [2.75, 3.05) is 39.4 Å². The summed E-state index contributed by atoms with van der Waals surface area (Å²) in [6, 6.07) is 2.03. The summed E-state index contributed by atoms with van der Waals surface area (Å²) in [5.41, 5.74) is 3.26. The Morgan fingerprint density at radius 3 is 2.93 bits per heavy atom. The second-order valence-electron chi connectivity index (χ2n) is 8.08. The standard InChI is InChI=1S/C21H27N5O2S/c27-20(16-5-11-29-14-16)15-2-1-6-26(13-15)21-18-4-3-17(12-19(18)22-24-23-21)25-7-9-28-10-8-25/h3,5,11-12,14-15,18,20,27H,1-2,4,6-10,13H2/t15-,18?,20+/m0/s1. The SMILES string of the molecule is O[C@@H](c1ccsc1)[C@H]1CCCN(C2=NN=NC3=CC(N4CCOCC4)=CCC32)C1. The van der Waals surface area contributed by atoms with Crippen LogP contribution in [0.3, 0.4) is 0 Å². The molecule has 0 amide bonds. The second-order valence-corrected chi connectivity index (χ2v) is 8.86. The Hall–Kier alpha value is -2.03. The van der Waals surface area contributed by atoms with E-state index in [0.717, 1.165) is 75.8 Å². The molecule has 2 saturated heterocycles. The summed E-state index contributed by atoms with van der Waals surface area (Å²) in [5, 5.41) is 27.8. The van der Waals surface area contributed by atoms with Crippen molar-refractivity contribution in [1.82, 2.24) is 9.80 Å². The molecule has 0 spiro atoms. The lowest BCUT2D eigenvalue weighted by Gasteiger charge is -2.40. The molecule has 5 rings (SSSR count). The van der Waals surface area contributed by atoms with E-state index in [1.807, 2.05) is 11.4 Å². The fourth-order valence-corrected chi connectivity index (χ4v) is 5.40. The molecule has 1 N–H and O–H groups in total. The number of piperidine rings is 1. The number of hydrogen-bond acceptors (Lipinski definition) is 8. The molecule has 29 heavy (non-hydrogen) atoms. The van der Waals surface area contributed by atoms with Gasteiger partial charge < -0.3 is 19.6 Å². The molecule has 0 radical (unpaired) electrons. The van der Waals surface area contributed by atoms with Crippen molar-refractivity contribution in [1.29, 1.82) is 0 Å². The van der Waals surface area contributed by atoms with Gasteiger partial charge in [-0.1, -0.05) is 6.08 Å². The van der Waals surface area contributed by atoms with Gasteiger partial charge in [0.05, 0.1) is 30.9 Å². The van der Waals surface area contributed by atoms with E-state index in [1.165, 1.54) is 5.70 Å². The lowest BCUT2D eigenvalue weighted by atomic mass is 9.87. The van der Waals surface area contributed by atoms with Crippen LogP contribution in [-0.4, -0.2) is 60.1 Å². The number of allylic oxidation sites excluding steroid dienone is 2. The van der Waals surface area contributed by atoms with Crippen molar-refractivity contribution >= 4 is 17.2 Å². The van der Waals surface area contributed by atoms with Gasteiger partial charge in [-0.2, -0.15) is 11.3 Å². The summed E-state index contributed by atoms with van der Waals surface area (Å²) in [6.07, 6.45) is 7.05. The molecule has 8 heteroatoms. The first kappa shape index (κ1) is 19.0. The van der Waals surface area contributed by atoms with Crippen molar-refractivity contribution in [3.05, 3.63) is 45.9 Å². The number of amidine groups is 1. The van der Waals surface area contributed by atoms with Gasteiger partial charge in [0.25, 0.3) is 0 Å². The van der Waals surface area contributed by atoms with Gasteiger partial charge in [-0.15, -0.1) is 10.2 Å². The van der Waals surface area contributed by atoms with Gasteiger partial charge in [-0.3, -0.25) is 0 Å². The molecule has 0 aromatic carbocycles. The van der Waals surface area contributed by atoms with Crippen molar-refractivity contribution in [3.8, 4) is 0 Å². The van der Waals surface area contributed by atoms with Crippen LogP contribution < -0.4 is 0 Å². The van der Waals surface area contributed by atoms with Crippen LogP contribution in [-0.2, 0) is 4.74 Å². The Morgan fingerprint density at radius 1 is 1.21 bits per heavy atom. The van der Waals surface area contributed by atoms with Crippen molar-refractivity contribution in [2.24, 2.45) is 27.3 Å². The van der Waals surface area contributed by atoms with E-state index in [4.69, 9.17) is 4.74 Å². The maximum Gasteiger partial charge on any atom is 0.138 e. The average molecular weight is 414 g/mol. The molecular weight excluding hydrogens is 386 g/mol. The number of aliphatic hydroxyl groups excluding tert-OH is 1. The van der Waals surface area contributed by atoms with E-state index < -0.39 is 6.10 Å². The maximum atomic E-state index is 10.8. The minimum absolute atomic E-state index is 0.161. The second kappa shape index (κ2) is 8.38. The molecule has 1 aliphatic carbocycles. The zero-order valence-electron chi connectivity index (χ0n) is 16.5. The third-order valence-electron chi connectivity index (χ3n) is 6.32. The van der Waals surface area contributed by atoms with Crippen LogP contribution in [0.5, 0.6) is 0 Å². The van der Waals surface area contributed by atoms with Gasteiger partial charge >= 0.3 is 0 Å². The molecule has 7 nitrogen and oxygen atoms in total. The van der Waals surface area contributed by atoms with E-state index in [9.17, 15) is 5.11 Å². The normalized spacial score (nSPS) is 28.4. The predicted molar refractivity (Wildman–Crippen MR) is 113 cm³/mol. The van der Waals surface area contributed by atoms with Crippen molar-refractivity contribution < 1.29 is 9.84 Å². The first-order chi connectivity index (χ1) is 14.3. The summed E-state index contributed by atoms with van der Waals surface area (Å²) in [4.78, 5) is 4.69. The van der Waals surface area contributed by atoms with Gasteiger partial charge in [0.2, 0.25) is 0 Å². The summed E-state index contributed by atoms with van der Waals surface area (Å²) >= 11 is 1.64. The maximum absolute atomic E-state index is 10.8. The largest absolute Gasteiger partial charge is 0.388 e. The molecule has 0 bridgehead atoms. The zero-order chi connectivity index (χ0) is 19.6. The van der Waals surface area contributed by atoms with Gasteiger partial charge in [-0.05, 0) is 53.0 Å².